The first kappa shape index (κ1) is 18.0. The number of aromatic amines is 1. The van der Waals surface area contributed by atoms with Crippen LogP contribution >= 0.6 is 0 Å². The van der Waals surface area contributed by atoms with Gasteiger partial charge in [-0.15, -0.1) is 0 Å². The van der Waals surface area contributed by atoms with Crippen molar-refractivity contribution in [1.29, 1.82) is 0 Å². The van der Waals surface area contributed by atoms with Crippen LogP contribution in [0.1, 0.15) is 5.56 Å². The zero-order valence-corrected chi connectivity index (χ0v) is 16.1. The molecule has 1 aliphatic rings. The average Bonchev–Trinajstić information content (AvgIpc) is 3.45. The molecule has 5 rings (SSSR count). The lowest BCUT2D eigenvalue weighted by Crippen LogP contribution is -2.14. The minimum absolute atomic E-state index is 0.258. The van der Waals surface area contributed by atoms with Crippen LogP contribution in [0.4, 0.5) is 11.8 Å². The third kappa shape index (κ3) is 3.90. The van der Waals surface area contributed by atoms with Crippen LogP contribution in [0.3, 0.4) is 0 Å². The largest absolute Gasteiger partial charge is 0.492 e. The molecule has 0 fully saturated rings. The van der Waals surface area contributed by atoms with Crippen LogP contribution in [0.25, 0.3) is 11.2 Å². The number of para-hydroxylation sites is 1. The number of anilines is 2. The zero-order chi connectivity index (χ0) is 20.2. The van der Waals surface area contributed by atoms with E-state index in [1.807, 2.05) is 48.5 Å². The summed E-state index contributed by atoms with van der Waals surface area (Å²) >= 11 is 0. The molecular formula is C21H20N6O3. The smallest absolute Gasteiger partial charge is 0.231 e. The van der Waals surface area contributed by atoms with Gasteiger partial charge in [0.05, 0.1) is 12.9 Å². The molecule has 0 radical (unpaired) electrons. The van der Waals surface area contributed by atoms with E-state index in [1.165, 1.54) is 0 Å². The quantitative estimate of drug-likeness (QED) is 0.385. The van der Waals surface area contributed by atoms with Crippen LogP contribution < -0.4 is 24.8 Å². The van der Waals surface area contributed by atoms with E-state index in [1.54, 1.807) is 6.33 Å². The third-order valence-corrected chi connectivity index (χ3v) is 4.58. The molecule has 0 spiro atoms. The number of H-pyrrole nitrogens is 1. The van der Waals surface area contributed by atoms with Crippen molar-refractivity contribution in [3.8, 4) is 17.2 Å². The predicted molar refractivity (Wildman–Crippen MR) is 112 cm³/mol. The Labute approximate surface area is 172 Å². The van der Waals surface area contributed by atoms with Gasteiger partial charge in [0.15, 0.2) is 23.0 Å². The number of nitrogens with one attached hydrogen (secondary N) is 3. The molecule has 1 aliphatic heterocycles. The Balaban J connectivity index is 1.24. The average molecular weight is 404 g/mol. The zero-order valence-electron chi connectivity index (χ0n) is 16.1. The van der Waals surface area contributed by atoms with E-state index >= 15 is 0 Å². The molecule has 0 bridgehead atoms. The molecule has 0 unspecified atom stereocenters. The summed E-state index contributed by atoms with van der Waals surface area (Å²) in [6, 6.07) is 15.5. The van der Waals surface area contributed by atoms with Crippen LogP contribution in [-0.2, 0) is 6.54 Å². The van der Waals surface area contributed by atoms with Gasteiger partial charge in [-0.2, -0.15) is 9.97 Å². The normalized spacial score (nSPS) is 12.1. The molecular weight excluding hydrogens is 384 g/mol. The summed E-state index contributed by atoms with van der Waals surface area (Å²) in [5.41, 5.74) is 2.38. The molecule has 0 aliphatic carbocycles. The lowest BCUT2D eigenvalue weighted by Gasteiger charge is -2.11. The molecule has 30 heavy (non-hydrogen) atoms. The fourth-order valence-electron chi connectivity index (χ4n) is 3.13. The van der Waals surface area contributed by atoms with E-state index in [0.29, 0.717) is 37.1 Å². The van der Waals surface area contributed by atoms with Crippen molar-refractivity contribution in [3.63, 3.8) is 0 Å². The molecule has 0 atom stereocenters. The van der Waals surface area contributed by atoms with Crippen molar-refractivity contribution in [2.45, 2.75) is 6.54 Å². The number of aromatic nitrogens is 4. The fraction of sp³-hybridized carbons (Fsp3) is 0.190. The molecule has 2 aromatic heterocycles. The van der Waals surface area contributed by atoms with Crippen molar-refractivity contribution >= 4 is 22.9 Å². The number of ether oxygens (including phenoxy) is 3. The lowest BCUT2D eigenvalue weighted by molar-refractivity contribution is 0.174. The number of benzene rings is 2. The number of hydrogen-bond donors (Lipinski definition) is 3. The number of nitrogens with zero attached hydrogens (tertiary/aromatic N) is 3. The van der Waals surface area contributed by atoms with E-state index < -0.39 is 0 Å². The highest BCUT2D eigenvalue weighted by Crippen LogP contribution is 2.32. The first-order valence-electron chi connectivity index (χ1n) is 9.60. The van der Waals surface area contributed by atoms with Crippen molar-refractivity contribution in [1.82, 2.24) is 19.9 Å². The third-order valence-electron chi connectivity index (χ3n) is 4.58. The molecule has 9 nitrogen and oxygen atoms in total. The summed E-state index contributed by atoms with van der Waals surface area (Å²) in [4.78, 5) is 16.4. The van der Waals surface area contributed by atoms with Crippen LogP contribution in [0.2, 0.25) is 0 Å². The van der Waals surface area contributed by atoms with Gasteiger partial charge in [-0.05, 0) is 29.8 Å². The summed E-state index contributed by atoms with van der Waals surface area (Å²) in [6.07, 6.45) is 1.60. The Morgan fingerprint density at radius 1 is 1.00 bits per heavy atom. The van der Waals surface area contributed by atoms with Crippen LogP contribution in [0.15, 0.2) is 54.9 Å². The molecule has 9 heteroatoms. The van der Waals surface area contributed by atoms with Crippen molar-refractivity contribution < 1.29 is 14.2 Å². The highest BCUT2D eigenvalue weighted by Gasteiger charge is 2.14. The van der Waals surface area contributed by atoms with Gasteiger partial charge in [0.1, 0.15) is 17.9 Å². The second-order valence-electron chi connectivity index (χ2n) is 6.63. The highest BCUT2D eigenvalue weighted by atomic mass is 16.7. The number of fused-ring (bicyclic) bond motifs is 2. The van der Waals surface area contributed by atoms with E-state index in [4.69, 9.17) is 14.2 Å². The van der Waals surface area contributed by atoms with Gasteiger partial charge in [0.2, 0.25) is 12.7 Å². The van der Waals surface area contributed by atoms with E-state index in [0.717, 1.165) is 28.3 Å². The minimum Gasteiger partial charge on any atom is -0.492 e. The molecule has 3 N–H and O–H groups in total. The molecule has 2 aromatic carbocycles. The van der Waals surface area contributed by atoms with Gasteiger partial charge >= 0.3 is 0 Å². The molecule has 4 aromatic rings. The SMILES string of the molecule is c1ccc(OCCNc2nc(NCc3ccc4c(c3)OCO4)nc3nc[nH]c23)cc1. The van der Waals surface area contributed by atoms with E-state index in [-0.39, 0.29) is 6.79 Å². The second-order valence-corrected chi connectivity index (χ2v) is 6.63. The number of hydrogen-bond acceptors (Lipinski definition) is 8. The van der Waals surface area contributed by atoms with E-state index in [2.05, 4.69) is 30.6 Å². The van der Waals surface area contributed by atoms with E-state index in [9.17, 15) is 0 Å². The maximum atomic E-state index is 5.72. The maximum absolute atomic E-state index is 5.72. The molecule has 0 saturated carbocycles. The Morgan fingerprint density at radius 3 is 2.83 bits per heavy atom. The van der Waals surface area contributed by atoms with Crippen LogP contribution in [0.5, 0.6) is 17.2 Å². The first-order valence-corrected chi connectivity index (χ1v) is 9.60. The Hall–Kier alpha value is -4.01. The van der Waals surface area contributed by atoms with Crippen molar-refractivity contribution in [2.75, 3.05) is 30.6 Å². The van der Waals surface area contributed by atoms with Gasteiger partial charge in [-0.3, -0.25) is 0 Å². The second kappa shape index (κ2) is 8.16. The topological polar surface area (TPSA) is 106 Å². The first-order chi connectivity index (χ1) is 14.8. The number of rotatable bonds is 8. The Morgan fingerprint density at radius 2 is 1.90 bits per heavy atom. The summed E-state index contributed by atoms with van der Waals surface area (Å²) in [7, 11) is 0. The van der Waals surface area contributed by atoms with Gasteiger partial charge in [-0.1, -0.05) is 24.3 Å². The molecule has 152 valence electrons. The number of imidazole rings is 1. The summed E-state index contributed by atoms with van der Waals surface area (Å²) in [5, 5.41) is 6.54. The lowest BCUT2D eigenvalue weighted by atomic mass is 10.2. The molecule has 0 saturated heterocycles. The Kier molecular flexibility index (Phi) is 4.91. The predicted octanol–water partition coefficient (Wildman–Crippen LogP) is 3.18. The standard InChI is InChI=1S/C21H20N6O3/c1-2-4-15(5-3-1)28-9-8-22-19-18-20(25-12-24-18)27-21(26-19)23-11-14-6-7-16-17(10-14)30-13-29-16/h1-7,10,12H,8-9,11,13H2,(H3,22,23,24,25,26,27). The van der Waals surface area contributed by atoms with Crippen LogP contribution in [-0.4, -0.2) is 39.9 Å². The molecule has 0 amide bonds. The van der Waals surface area contributed by atoms with Gasteiger partial charge in [0, 0.05) is 6.54 Å². The van der Waals surface area contributed by atoms with Gasteiger partial charge in [0.25, 0.3) is 0 Å². The molecule has 3 heterocycles. The van der Waals surface area contributed by atoms with Crippen molar-refractivity contribution in [2.24, 2.45) is 0 Å². The highest BCUT2D eigenvalue weighted by molar-refractivity contribution is 5.83. The monoisotopic (exact) mass is 404 g/mol. The maximum Gasteiger partial charge on any atom is 0.231 e. The summed E-state index contributed by atoms with van der Waals surface area (Å²) in [5.74, 6) is 3.50. The summed E-state index contributed by atoms with van der Waals surface area (Å²) in [6.45, 7) is 1.89. The Bertz CT molecular complexity index is 1150. The summed E-state index contributed by atoms with van der Waals surface area (Å²) < 4.78 is 16.5. The minimum atomic E-state index is 0.258. The van der Waals surface area contributed by atoms with Crippen molar-refractivity contribution in [3.05, 3.63) is 60.4 Å². The van der Waals surface area contributed by atoms with Gasteiger partial charge < -0.3 is 29.8 Å². The van der Waals surface area contributed by atoms with Crippen LogP contribution in [0, 0.1) is 0 Å². The fourth-order valence-corrected chi connectivity index (χ4v) is 3.13. The van der Waals surface area contributed by atoms with Gasteiger partial charge in [-0.25, -0.2) is 4.98 Å².